The van der Waals surface area contributed by atoms with Gasteiger partial charge in [0.2, 0.25) is 10.0 Å². The standard InChI is InChI=1S/C31H28N6O3S/c1-20-17-28(31(38)34-24-13-11-21(12-14-24)25-9-5-6-10-29(25)41(32,39)40)37(35-20)27-19-23-8-4-3-7-22(23)18-26(27)30-33-15-16-36(30)2/h3-14,17-19H,15-16H2,1-2H3,(H,34,38)(H2,32,39,40). The Bertz CT molecular complexity index is 1940. The van der Waals surface area contributed by atoms with Crippen molar-refractivity contribution in [2.45, 2.75) is 11.8 Å². The second kappa shape index (κ2) is 10.3. The number of aliphatic imine (C=N–C) groups is 1. The molecule has 0 aliphatic carbocycles. The zero-order valence-corrected chi connectivity index (χ0v) is 23.4. The number of aromatic nitrogens is 2. The number of carbonyl (C=O) groups is 1. The third-order valence-electron chi connectivity index (χ3n) is 7.10. The minimum Gasteiger partial charge on any atom is -0.358 e. The number of amides is 1. The van der Waals surface area contributed by atoms with Gasteiger partial charge in [-0.1, -0.05) is 54.6 Å². The number of nitrogens with zero attached hydrogens (tertiary/aromatic N) is 4. The Hall–Kier alpha value is -4.80. The minimum absolute atomic E-state index is 0.0415. The van der Waals surface area contributed by atoms with Crippen LogP contribution < -0.4 is 10.5 Å². The molecule has 1 aromatic heterocycles. The molecule has 10 heteroatoms. The van der Waals surface area contributed by atoms with E-state index < -0.39 is 10.0 Å². The SMILES string of the molecule is Cc1cc(C(=O)Nc2ccc(-c3ccccc3S(N)(=O)=O)cc2)n(-c2cc3ccccc3cc2C2=NCCN2C)n1. The lowest BCUT2D eigenvalue weighted by Gasteiger charge is -2.19. The second-order valence-corrected chi connectivity index (χ2v) is 11.5. The van der Waals surface area contributed by atoms with Crippen LogP contribution in [0.4, 0.5) is 5.69 Å². The van der Waals surface area contributed by atoms with Crippen molar-refractivity contribution in [3.05, 3.63) is 108 Å². The fraction of sp³-hybridized carbons (Fsp3) is 0.129. The zero-order valence-electron chi connectivity index (χ0n) is 22.6. The first-order chi connectivity index (χ1) is 19.7. The highest BCUT2D eigenvalue weighted by Gasteiger charge is 2.24. The fourth-order valence-corrected chi connectivity index (χ4v) is 5.89. The molecule has 5 aromatic rings. The van der Waals surface area contributed by atoms with Crippen molar-refractivity contribution in [1.82, 2.24) is 14.7 Å². The van der Waals surface area contributed by atoms with Crippen molar-refractivity contribution in [3.8, 4) is 16.8 Å². The van der Waals surface area contributed by atoms with Gasteiger partial charge in [0, 0.05) is 30.4 Å². The molecule has 0 fully saturated rings. The van der Waals surface area contributed by atoms with Crippen molar-refractivity contribution < 1.29 is 13.2 Å². The van der Waals surface area contributed by atoms with Gasteiger partial charge in [0.25, 0.3) is 5.91 Å². The summed E-state index contributed by atoms with van der Waals surface area (Å²) in [6.07, 6.45) is 0. The molecule has 0 bridgehead atoms. The summed E-state index contributed by atoms with van der Waals surface area (Å²) in [6.45, 7) is 3.39. The lowest BCUT2D eigenvalue weighted by Crippen LogP contribution is -2.25. The minimum atomic E-state index is -3.89. The van der Waals surface area contributed by atoms with Crippen LogP contribution in [0.2, 0.25) is 0 Å². The van der Waals surface area contributed by atoms with Crippen LogP contribution in [0.1, 0.15) is 21.7 Å². The second-order valence-electron chi connectivity index (χ2n) is 10.00. The van der Waals surface area contributed by atoms with Crippen LogP contribution in [-0.4, -0.2) is 55.0 Å². The normalized spacial score (nSPS) is 13.4. The predicted molar refractivity (Wildman–Crippen MR) is 161 cm³/mol. The lowest BCUT2D eigenvalue weighted by atomic mass is 10.0. The Morgan fingerprint density at radius 2 is 1.59 bits per heavy atom. The van der Waals surface area contributed by atoms with Gasteiger partial charge >= 0.3 is 0 Å². The van der Waals surface area contributed by atoms with Gasteiger partial charge in [-0.25, -0.2) is 18.2 Å². The van der Waals surface area contributed by atoms with Crippen LogP contribution in [0, 0.1) is 6.92 Å². The molecule has 0 unspecified atom stereocenters. The van der Waals surface area contributed by atoms with E-state index in [1.54, 1.807) is 53.2 Å². The largest absolute Gasteiger partial charge is 0.358 e. The van der Waals surface area contributed by atoms with Gasteiger partial charge in [-0.15, -0.1) is 0 Å². The first-order valence-corrected chi connectivity index (χ1v) is 14.6. The summed E-state index contributed by atoms with van der Waals surface area (Å²) >= 11 is 0. The number of fused-ring (bicyclic) bond motifs is 1. The van der Waals surface area contributed by atoms with E-state index in [4.69, 9.17) is 15.2 Å². The number of aryl methyl sites for hydroxylation is 1. The number of nitrogens with two attached hydrogens (primary N) is 1. The van der Waals surface area contributed by atoms with Crippen LogP contribution in [0.15, 0.2) is 101 Å². The Morgan fingerprint density at radius 1 is 0.902 bits per heavy atom. The summed E-state index contributed by atoms with van der Waals surface area (Å²) in [5.41, 5.74) is 4.45. The molecular formula is C31H28N6O3S. The maximum absolute atomic E-state index is 13.6. The molecule has 0 radical (unpaired) electrons. The first kappa shape index (κ1) is 26.4. The molecule has 1 aliphatic rings. The van der Waals surface area contributed by atoms with E-state index in [-0.39, 0.29) is 10.8 Å². The van der Waals surface area contributed by atoms with Gasteiger partial charge in [-0.3, -0.25) is 9.79 Å². The van der Waals surface area contributed by atoms with Crippen LogP contribution in [0.3, 0.4) is 0 Å². The highest BCUT2D eigenvalue weighted by Crippen LogP contribution is 2.29. The van der Waals surface area contributed by atoms with E-state index in [1.165, 1.54) is 6.07 Å². The monoisotopic (exact) mass is 564 g/mol. The van der Waals surface area contributed by atoms with E-state index in [0.717, 1.165) is 34.4 Å². The summed E-state index contributed by atoms with van der Waals surface area (Å²) in [5.74, 6) is 0.532. The number of likely N-dealkylation sites (N-methyl/N-ethyl adjacent to an activating group) is 1. The van der Waals surface area contributed by atoms with E-state index in [2.05, 4.69) is 22.3 Å². The molecule has 4 aromatic carbocycles. The fourth-order valence-electron chi connectivity index (χ4n) is 5.13. The third-order valence-corrected chi connectivity index (χ3v) is 8.07. The van der Waals surface area contributed by atoms with Crippen molar-refractivity contribution >= 4 is 38.2 Å². The molecular weight excluding hydrogens is 536 g/mol. The number of hydrogen-bond donors (Lipinski definition) is 2. The van der Waals surface area contributed by atoms with Crippen LogP contribution in [0.25, 0.3) is 27.6 Å². The maximum atomic E-state index is 13.6. The third kappa shape index (κ3) is 5.10. The predicted octanol–water partition coefficient (Wildman–Crippen LogP) is 4.59. The Labute approximate surface area is 238 Å². The summed E-state index contributed by atoms with van der Waals surface area (Å²) in [5, 5.41) is 15.2. The van der Waals surface area contributed by atoms with Crippen molar-refractivity contribution in [2.24, 2.45) is 10.1 Å². The van der Waals surface area contributed by atoms with E-state index >= 15 is 0 Å². The molecule has 0 saturated heterocycles. The maximum Gasteiger partial charge on any atom is 0.274 e. The van der Waals surface area contributed by atoms with E-state index in [1.807, 2.05) is 38.2 Å². The van der Waals surface area contributed by atoms with Crippen LogP contribution in [0.5, 0.6) is 0 Å². The number of carbonyl (C=O) groups excluding carboxylic acids is 1. The van der Waals surface area contributed by atoms with Gasteiger partial charge in [0.1, 0.15) is 11.5 Å². The molecule has 3 N–H and O–H groups in total. The average molecular weight is 565 g/mol. The molecule has 41 heavy (non-hydrogen) atoms. The molecule has 2 heterocycles. The molecule has 0 atom stereocenters. The molecule has 0 saturated carbocycles. The van der Waals surface area contributed by atoms with Gasteiger partial charge in [-0.2, -0.15) is 5.10 Å². The molecule has 1 aliphatic heterocycles. The van der Waals surface area contributed by atoms with E-state index in [9.17, 15) is 13.2 Å². The van der Waals surface area contributed by atoms with Crippen LogP contribution in [-0.2, 0) is 10.0 Å². The molecule has 9 nitrogen and oxygen atoms in total. The summed E-state index contributed by atoms with van der Waals surface area (Å²) in [7, 11) is -1.88. The number of nitrogens with one attached hydrogen (secondary N) is 1. The smallest absolute Gasteiger partial charge is 0.274 e. The van der Waals surface area contributed by atoms with Gasteiger partial charge in [0.05, 0.1) is 22.8 Å². The number of rotatable bonds is 6. The zero-order chi connectivity index (χ0) is 28.7. The molecule has 1 amide bonds. The lowest BCUT2D eigenvalue weighted by molar-refractivity contribution is 0.101. The molecule has 6 rings (SSSR count). The number of anilines is 1. The summed E-state index contributed by atoms with van der Waals surface area (Å²) in [6, 6.07) is 27.5. The number of hydrogen-bond acceptors (Lipinski definition) is 6. The topological polar surface area (TPSA) is 123 Å². The van der Waals surface area contributed by atoms with Gasteiger partial charge < -0.3 is 10.2 Å². The highest BCUT2D eigenvalue weighted by molar-refractivity contribution is 7.89. The number of benzene rings is 4. The van der Waals surface area contributed by atoms with Crippen LogP contribution >= 0.6 is 0 Å². The van der Waals surface area contributed by atoms with Crippen molar-refractivity contribution in [3.63, 3.8) is 0 Å². The Kier molecular flexibility index (Phi) is 6.64. The van der Waals surface area contributed by atoms with E-state index in [0.29, 0.717) is 34.7 Å². The Balaban J connectivity index is 1.36. The first-order valence-electron chi connectivity index (χ1n) is 13.1. The van der Waals surface area contributed by atoms with Gasteiger partial charge in [0.15, 0.2) is 0 Å². The Morgan fingerprint density at radius 3 is 2.27 bits per heavy atom. The average Bonchev–Trinajstić information content (AvgIpc) is 3.57. The summed E-state index contributed by atoms with van der Waals surface area (Å²) < 4.78 is 25.8. The van der Waals surface area contributed by atoms with Crippen molar-refractivity contribution in [1.29, 1.82) is 0 Å². The van der Waals surface area contributed by atoms with Gasteiger partial charge in [-0.05, 0) is 59.7 Å². The molecule has 206 valence electrons. The quantitative estimate of drug-likeness (QED) is 0.312. The summed E-state index contributed by atoms with van der Waals surface area (Å²) in [4.78, 5) is 20.5. The molecule has 0 spiro atoms. The number of sulfonamides is 1. The van der Waals surface area contributed by atoms with Crippen molar-refractivity contribution in [2.75, 3.05) is 25.5 Å². The highest BCUT2D eigenvalue weighted by atomic mass is 32.2. The number of amidine groups is 1. The number of primary sulfonamides is 1.